The molecule has 0 bridgehead atoms. The zero-order valence-corrected chi connectivity index (χ0v) is 11.4. The third-order valence-corrected chi connectivity index (χ3v) is 3.64. The van der Waals surface area contributed by atoms with E-state index in [1.807, 2.05) is 41.2 Å². The summed E-state index contributed by atoms with van der Waals surface area (Å²) >= 11 is 1.73. The van der Waals surface area contributed by atoms with Gasteiger partial charge in [-0.2, -0.15) is 5.10 Å². The first-order valence-corrected chi connectivity index (χ1v) is 6.89. The van der Waals surface area contributed by atoms with Crippen molar-refractivity contribution in [2.75, 3.05) is 0 Å². The van der Waals surface area contributed by atoms with Gasteiger partial charge in [-0.05, 0) is 32.0 Å². The first-order valence-electron chi connectivity index (χ1n) is 5.91. The minimum absolute atomic E-state index is 0.399. The Morgan fingerprint density at radius 2 is 2.00 bits per heavy atom. The van der Waals surface area contributed by atoms with Crippen molar-refractivity contribution in [3.8, 4) is 0 Å². The second-order valence-electron chi connectivity index (χ2n) is 4.36. The Labute approximate surface area is 111 Å². The van der Waals surface area contributed by atoms with E-state index in [-0.39, 0.29) is 0 Å². The fourth-order valence-electron chi connectivity index (χ4n) is 1.54. The molecule has 0 aliphatic carbocycles. The Kier molecular flexibility index (Phi) is 4.20. The van der Waals surface area contributed by atoms with Crippen molar-refractivity contribution in [2.45, 2.75) is 30.5 Å². The van der Waals surface area contributed by atoms with E-state index < -0.39 is 0 Å². The van der Waals surface area contributed by atoms with Crippen LogP contribution in [0.1, 0.15) is 35.9 Å². The maximum absolute atomic E-state index is 10.5. The first-order chi connectivity index (χ1) is 8.69. The van der Waals surface area contributed by atoms with Crippen LogP contribution in [0.4, 0.5) is 0 Å². The van der Waals surface area contributed by atoms with E-state index in [0.717, 1.165) is 22.6 Å². The monoisotopic (exact) mass is 260 g/mol. The summed E-state index contributed by atoms with van der Waals surface area (Å²) in [6, 6.07) is 10.1. The van der Waals surface area contributed by atoms with Crippen LogP contribution in [0.2, 0.25) is 0 Å². The summed E-state index contributed by atoms with van der Waals surface area (Å²) in [5, 5.41) is 4.50. The standard InChI is InChI=1S/C14H16N2OS/c1-11(2)16-8-7-13(15-16)10-18-14-5-3-12(9-17)4-6-14/h3-9,11H,10H2,1-2H3. The lowest BCUT2D eigenvalue weighted by atomic mass is 10.2. The van der Waals surface area contributed by atoms with Crippen molar-refractivity contribution in [1.82, 2.24) is 9.78 Å². The smallest absolute Gasteiger partial charge is 0.150 e. The minimum atomic E-state index is 0.399. The van der Waals surface area contributed by atoms with Gasteiger partial charge in [-0.1, -0.05) is 12.1 Å². The number of hydrogen-bond acceptors (Lipinski definition) is 3. The summed E-state index contributed by atoms with van der Waals surface area (Å²) in [6.07, 6.45) is 2.87. The molecule has 2 rings (SSSR count). The van der Waals surface area contributed by atoms with Crippen LogP contribution in [-0.2, 0) is 5.75 Å². The number of aldehydes is 1. The molecule has 3 nitrogen and oxygen atoms in total. The van der Waals surface area contributed by atoms with Gasteiger partial charge in [0.2, 0.25) is 0 Å². The van der Waals surface area contributed by atoms with Crippen molar-refractivity contribution in [1.29, 1.82) is 0 Å². The fraction of sp³-hybridized carbons (Fsp3) is 0.286. The molecule has 94 valence electrons. The van der Waals surface area contributed by atoms with Crippen LogP contribution in [0.5, 0.6) is 0 Å². The zero-order chi connectivity index (χ0) is 13.0. The lowest BCUT2D eigenvalue weighted by Crippen LogP contribution is -2.01. The molecule has 0 radical (unpaired) electrons. The number of carbonyl (C=O) groups is 1. The number of aromatic nitrogens is 2. The van der Waals surface area contributed by atoms with Crippen LogP contribution in [0, 0.1) is 0 Å². The van der Waals surface area contributed by atoms with Gasteiger partial charge in [0, 0.05) is 28.5 Å². The summed E-state index contributed by atoms with van der Waals surface area (Å²) in [5.41, 5.74) is 1.79. The highest BCUT2D eigenvalue weighted by atomic mass is 32.2. The maximum atomic E-state index is 10.5. The topological polar surface area (TPSA) is 34.9 Å². The number of carbonyl (C=O) groups excluding carboxylic acids is 1. The molecule has 0 N–H and O–H groups in total. The normalized spacial score (nSPS) is 10.8. The van der Waals surface area contributed by atoms with Gasteiger partial charge in [0.15, 0.2) is 0 Å². The average molecular weight is 260 g/mol. The van der Waals surface area contributed by atoms with Crippen molar-refractivity contribution in [2.24, 2.45) is 0 Å². The molecule has 1 heterocycles. The number of rotatable bonds is 5. The molecular formula is C14H16N2OS. The average Bonchev–Trinajstić information content (AvgIpc) is 2.86. The molecular weight excluding hydrogens is 244 g/mol. The quantitative estimate of drug-likeness (QED) is 0.609. The highest BCUT2D eigenvalue weighted by molar-refractivity contribution is 7.98. The SMILES string of the molecule is CC(C)n1ccc(CSc2ccc(C=O)cc2)n1. The second-order valence-corrected chi connectivity index (χ2v) is 5.41. The van der Waals surface area contributed by atoms with Gasteiger partial charge in [-0.15, -0.1) is 11.8 Å². The van der Waals surface area contributed by atoms with Gasteiger partial charge in [0.05, 0.1) is 5.69 Å². The molecule has 0 aliphatic heterocycles. The number of benzene rings is 1. The Hall–Kier alpha value is -1.55. The van der Waals surface area contributed by atoms with Crippen LogP contribution in [0.25, 0.3) is 0 Å². The third kappa shape index (κ3) is 3.23. The predicted octanol–water partition coefficient (Wildman–Crippen LogP) is 3.57. The molecule has 0 unspecified atom stereocenters. The molecule has 4 heteroatoms. The molecule has 0 amide bonds. The fourth-order valence-corrected chi connectivity index (χ4v) is 2.34. The number of thioether (sulfide) groups is 1. The van der Waals surface area contributed by atoms with Gasteiger partial charge in [0.25, 0.3) is 0 Å². The Morgan fingerprint density at radius 1 is 1.28 bits per heavy atom. The summed E-state index contributed by atoms with van der Waals surface area (Å²) in [4.78, 5) is 11.7. The van der Waals surface area contributed by atoms with Crippen LogP contribution in [0.3, 0.4) is 0 Å². The minimum Gasteiger partial charge on any atom is -0.298 e. The van der Waals surface area contributed by atoms with Crippen LogP contribution in [0.15, 0.2) is 41.4 Å². The summed E-state index contributed by atoms with van der Waals surface area (Å²) in [6.45, 7) is 4.23. The van der Waals surface area contributed by atoms with Crippen molar-refractivity contribution < 1.29 is 4.79 Å². The van der Waals surface area contributed by atoms with E-state index in [1.165, 1.54) is 0 Å². The van der Waals surface area contributed by atoms with Crippen molar-refractivity contribution in [3.05, 3.63) is 47.8 Å². The van der Waals surface area contributed by atoms with E-state index >= 15 is 0 Å². The van der Waals surface area contributed by atoms with Crippen LogP contribution >= 0.6 is 11.8 Å². The number of nitrogens with zero attached hydrogens (tertiary/aromatic N) is 2. The maximum Gasteiger partial charge on any atom is 0.150 e. The molecule has 2 aromatic rings. The van der Waals surface area contributed by atoms with Gasteiger partial charge >= 0.3 is 0 Å². The van der Waals surface area contributed by atoms with Gasteiger partial charge in [0.1, 0.15) is 6.29 Å². The predicted molar refractivity (Wildman–Crippen MR) is 74.0 cm³/mol. The molecule has 0 aliphatic rings. The molecule has 18 heavy (non-hydrogen) atoms. The van der Waals surface area contributed by atoms with Crippen molar-refractivity contribution in [3.63, 3.8) is 0 Å². The van der Waals surface area contributed by atoms with E-state index in [4.69, 9.17) is 0 Å². The van der Waals surface area contributed by atoms with E-state index in [2.05, 4.69) is 18.9 Å². The first kappa shape index (κ1) is 12.9. The Bertz CT molecular complexity index is 517. The molecule has 0 saturated carbocycles. The van der Waals surface area contributed by atoms with E-state index in [9.17, 15) is 4.79 Å². The zero-order valence-electron chi connectivity index (χ0n) is 10.5. The second kappa shape index (κ2) is 5.87. The van der Waals surface area contributed by atoms with Crippen LogP contribution in [-0.4, -0.2) is 16.1 Å². The van der Waals surface area contributed by atoms with Gasteiger partial charge < -0.3 is 0 Å². The Morgan fingerprint density at radius 3 is 2.56 bits per heavy atom. The van der Waals surface area contributed by atoms with Crippen LogP contribution < -0.4 is 0 Å². The van der Waals surface area contributed by atoms with Gasteiger partial charge in [-0.25, -0.2) is 0 Å². The number of hydrogen-bond donors (Lipinski definition) is 0. The van der Waals surface area contributed by atoms with Gasteiger partial charge in [-0.3, -0.25) is 9.48 Å². The highest BCUT2D eigenvalue weighted by Crippen LogP contribution is 2.22. The molecule has 0 spiro atoms. The summed E-state index contributed by atoms with van der Waals surface area (Å²) in [7, 11) is 0. The molecule has 1 aromatic carbocycles. The largest absolute Gasteiger partial charge is 0.298 e. The Balaban J connectivity index is 1.95. The molecule has 1 aromatic heterocycles. The third-order valence-electron chi connectivity index (χ3n) is 2.60. The summed E-state index contributed by atoms with van der Waals surface area (Å²) in [5.74, 6) is 0.847. The van der Waals surface area contributed by atoms with E-state index in [0.29, 0.717) is 11.6 Å². The molecule has 0 fully saturated rings. The highest BCUT2D eigenvalue weighted by Gasteiger charge is 2.03. The molecule has 0 saturated heterocycles. The van der Waals surface area contributed by atoms with Crippen molar-refractivity contribution >= 4 is 18.0 Å². The van der Waals surface area contributed by atoms with E-state index in [1.54, 1.807) is 11.8 Å². The lowest BCUT2D eigenvalue weighted by molar-refractivity contribution is 0.112. The lowest BCUT2D eigenvalue weighted by Gasteiger charge is -2.04. The summed E-state index contributed by atoms with van der Waals surface area (Å²) < 4.78 is 1.96. The molecule has 0 atom stereocenters.